The molecule has 0 spiro atoms. The molecule has 2 heterocycles. The predicted molar refractivity (Wildman–Crippen MR) is 95.0 cm³/mol. The molecule has 5 nitrogen and oxygen atoms in total. The molecule has 0 atom stereocenters. The Bertz CT molecular complexity index is 858. The van der Waals surface area contributed by atoms with Gasteiger partial charge in [-0.3, -0.25) is 14.6 Å². The fraction of sp³-hybridized carbons (Fsp3) is 0.421. The molecule has 0 fully saturated rings. The zero-order chi connectivity index (χ0) is 16.7. The number of ketones is 2. The number of aryl methyl sites for hydroxylation is 1. The van der Waals surface area contributed by atoms with Gasteiger partial charge in [-0.05, 0) is 50.3 Å². The van der Waals surface area contributed by atoms with Crippen LogP contribution in [0.4, 0.5) is 11.4 Å². The van der Waals surface area contributed by atoms with E-state index in [1.807, 2.05) is 12.1 Å². The monoisotopic (exact) mass is 323 g/mol. The minimum atomic E-state index is 0.0623. The molecule has 2 aliphatic rings. The topological polar surface area (TPSA) is 71.1 Å². The summed E-state index contributed by atoms with van der Waals surface area (Å²) in [5.74, 6) is 0.140. The third-order valence-corrected chi connectivity index (χ3v) is 4.88. The normalized spacial score (nSPS) is 16.3. The van der Waals surface area contributed by atoms with Gasteiger partial charge in [0.2, 0.25) is 0 Å². The van der Waals surface area contributed by atoms with E-state index in [1.165, 1.54) is 24.8 Å². The van der Waals surface area contributed by atoms with Gasteiger partial charge in [-0.2, -0.15) is 0 Å². The van der Waals surface area contributed by atoms with Crippen LogP contribution in [0, 0.1) is 0 Å². The number of carbonyl (C=O) groups is 2. The SMILES string of the molecule is CC(=O)CNc1cc2c3c(c4c(nc3c1)CCCCC4)NCC2=O. The van der Waals surface area contributed by atoms with E-state index in [2.05, 4.69) is 10.6 Å². The first-order valence-corrected chi connectivity index (χ1v) is 8.63. The summed E-state index contributed by atoms with van der Waals surface area (Å²) < 4.78 is 0. The van der Waals surface area contributed by atoms with Gasteiger partial charge in [0, 0.05) is 28.0 Å². The standard InChI is InChI=1S/C19H21N3O2/c1-11(23)9-20-12-7-14-17(24)10-21-19-13-5-3-2-4-6-15(13)22-16(8-12)18(14)19/h7-8,20-21H,2-6,9-10H2,1H3. The van der Waals surface area contributed by atoms with Crippen LogP contribution in [-0.4, -0.2) is 29.6 Å². The van der Waals surface area contributed by atoms with E-state index in [4.69, 9.17) is 4.98 Å². The fourth-order valence-electron chi connectivity index (χ4n) is 3.74. The lowest BCUT2D eigenvalue weighted by atomic mass is 9.93. The zero-order valence-electron chi connectivity index (χ0n) is 13.9. The van der Waals surface area contributed by atoms with Gasteiger partial charge < -0.3 is 10.6 Å². The highest BCUT2D eigenvalue weighted by molar-refractivity contribution is 6.17. The molecule has 0 saturated heterocycles. The average Bonchev–Trinajstić information content (AvgIpc) is 2.80. The lowest BCUT2D eigenvalue weighted by Crippen LogP contribution is -2.22. The van der Waals surface area contributed by atoms with Crippen molar-refractivity contribution in [1.29, 1.82) is 0 Å². The maximum atomic E-state index is 12.4. The highest BCUT2D eigenvalue weighted by atomic mass is 16.1. The maximum absolute atomic E-state index is 12.4. The van der Waals surface area contributed by atoms with E-state index in [-0.39, 0.29) is 18.1 Å². The summed E-state index contributed by atoms with van der Waals surface area (Å²) in [5.41, 5.74) is 5.89. The largest absolute Gasteiger partial charge is 0.378 e. The minimum absolute atomic E-state index is 0.0623. The van der Waals surface area contributed by atoms with Crippen LogP contribution < -0.4 is 10.6 Å². The molecule has 5 heteroatoms. The minimum Gasteiger partial charge on any atom is -0.378 e. The van der Waals surface area contributed by atoms with Gasteiger partial charge in [0.25, 0.3) is 0 Å². The quantitative estimate of drug-likeness (QED) is 0.849. The van der Waals surface area contributed by atoms with Crippen molar-refractivity contribution < 1.29 is 9.59 Å². The molecule has 2 N–H and O–H groups in total. The van der Waals surface area contributed by atoms with Crippen LogP contribution >= 0.6 is 0 Å². The molecule has 0 radical (unpaired) electrons. The first kappa shape index (κ1) is 15.1. The molecule has 0 unspecified atom stereocenters. The number of pyridine rings is 1. The summed E-state index contributed by atoms with van der Waals surface area (Å²) in [7, 11) is 0. The van der Waals surface area contributed by atoms with Crippen LogP contribution in [0.3, 0.4) is 0 Å². The Labute approximate surface area is 140 Å². The molecular weight excluding hydrogens is 302 g/mol. The number of anilines is 2. The molecule has 124 valence electrons. The Kier molecular flexibility index (Phi) is 3.71. The summed E-state index contributed by atoms with van der Waals surface area (Å²) in [6.07, 6.45) is 5.59. The Balaban J connectivity index is 1.92. The molecule has 0 saturated carbocycles. The second-order valence-electron chi connectivity index (χ2n) is 6.72. The van der Waals surface area contributed by atoms with Gasteiger partial charge in [0.1, 0.15) is 5.78 Å². The number of hydrogen-bond acceptors (Lipinski definition) is 5. The van der Waals surface area contributed by atoms with Gasteiger partial charge in [-0.25, -0.2) is 0 Å². The van der Waals surface area contributed by atoms with Gasteiger partial charge in [-0.15, -0.1) is 0 Å². The van der Waals surface area contributed by atoms with Crippen molar-refractivity contribution in [3.63, 3.8) is 0 Å². The first-order valence-electron chi connectivity index (χ1n) is 8.63. The molecular formula is C19H21N3O2. The van der Waals surface area contributed by atoms with E-state index >= 15 is 0 Å². The van der Waals surface area contributed by atoms with Crippen molar-refractivity contribution in [2.75, 3.05) is 23.7 Å². The van der Waals surface area contributed by atoms with E-state index in [9.17, 15) is 9.59 Å². The van der Waals surface area contributed by atoms with Crippen LogP contribution in [0.2, 0.25) is 0 Å². The number of rotatable bonds is 3. The maximum Gasteiger partial charge on any atom is 0.182 e. The Morgan fingerprint density at radius 2 is 2.08 bits per heavy atom. The first-order chi connectivity index (χ1) is 11.6. The van der Waals surface area contributed by atoms with E-state index in [1.54, 1.807) is 6.92 Å². The number of benzene rings is 1. The van der Waals surface area contributed by atoms with Crippen molar-refractivity contribution in [2.45, 2.75) is 39.0 Å². The molecule has 2 aromatic rings. The van der Waals surface area contributed by atoms with Crippen LogP contribution in [-0.2, 0) is 17.6 Å². The fourth-order valence-corrected chi connectivity index (χ4v) is 3.74. The Hall–Kier alpha value is -2.43. The number of fused-ring (bicyclic) bond motifs is 2. The molecule has 4 rings (SSSR count). The number of hydrogen-bond donors (Lipinski definition) is 2. The molecule has 1 aromatic carbocycles. The van der Waals surface area contributed by atoms with Crippen molar-refractivity contribution in [3.8, 4) is 0 Å². The number of carbonyl (C=O) groups excluding carboxylic acids is 2. The molecule has 24 heavy (non-hydrogen) atoms. The number of nitrogens with zero attached hydrogens (tertiary/aromatic N) is 1. The summed E-state index contributed by atoms with van der Waals surface area (Å²) >= 11 is 0. The molecule has 1 aliphatic heterocycles. The summed E-state index contributed by atoms with van der Waals surface area (Å²) in [5, 5.41) is 7.39. The average molecular weight is 323 g/mol. The van der Waals surface area contributed by atoms with Crippen LogP contribution in [0.1, 0.15) is 47.8 Å². The number of aromatic nitrogens is 1. The Morgan fingerprint density at radius 1 is 1.25 bits per heavy atom. The van der Waals surface area contributed by atoms with Crippen LogP contribution in [0.15, 0.2) is 12.1 Å². The lowest BCUT2D eigenvalue weighted by molar-refractivity contribution is -0.115. The highest BCUT2D eigenvalue weighted by Gasteiger charge is 2.25. The van der Waals surface area contributed by atoms with E-state index in [0.29, 0.717) is 12.1 Å². The van der Waals surface area contributed by atoms with Gasteiger partial charge in [0.05, 0.1) is 18.6 Å². The van der Waals surface area contributed by atoms with Gasteiger partial charge in [-0.1, -0.05) is 6.42 Å². The predicted octanol–water partition coefficient (Wildman–Crippen LogP) is 3.11. The van der Waals surface area contributed by atoms with E-state index < -0.39 is 0 Å². The van der Waals surface area contributed by atoms with Gasteiger partial charge in [0.15, 0.2) is 5.78 Å². The van der Waals surface area contributed by atoms with Crippen LogP contribution in [0.25, 0.3) is 10.9 Å². The highest BCUT2D eigenvalue weighted by Crippen LogP contribution is 2.38. The van der Waals surface area contributed by atoms with Gasteiger partial charge >= 0.3 is 0 Å². The molecule has 0 bridgehead atoms. The molecule has 1 aliphatic carbocycles. The van der Waals surface area contributed by atoms with E-state index in [0.717, 1.165) is 40.8 Å². The van der Waals surface area contributed by atoms with Crippen molar-refractivity contribution in [1.82, 2.24) is 4.98 Å². The van der Waals surface area contributed by atoms with Crippen molar-refractivity contribution in [3.05, 3.63) is 29.0 Å². The molecule has 0 amide bonds. The number of nitrogens with one attached hydrogen (secondary N) is 2. The second kappa shape index (κ2) is 5.89. The summed E-state index contributed by atoms with van der Waals surface area (Å²) in [6, 6.07) is 3.82. The third kappa shape index (κ3) is 2.54. The lowest BCUT2D eigenvalue weighted by Gasteiger charge is -2.23. The van der Waals surface area contributed by atoms with Crippen molar-refractivity contribution in [2.24, 2.45) is 0 Å². The third-order valence-electron chi connectivity index (χ3n) is 4.88. The van der Waals surface area contributed by atoms with Crippen LogP contribution in [0.5, 0.6) is 0 Å². The summed E-state index contributed by atoms with van der Waals surface area (Å²) in [6.45, 7) is 2.13. The van der Waals surface area contributed by atoms with Crippen molar-refractivity contribution >= 4 is 33.8 Å². The second-order valence-corrected chi connectivity index (χ2v) is 6.72. The zero-order valence-corrected chi connectivity index (χ0v) is 13.9. The molecule has 1 aromatic heterocycles. The summed E-state index contributed by atoms with van der Waals surface area (Å²) in [4.78, 5) is 28.5. The number of Topliss-reactive ketones (excluding diaryl/α,β-unsaturated/α-hetero) is 2. The smallest absolute Gasteiger partial charge is 0.182 e. The Morgan fingerprint density at radius 3 is 2.92 bits per heavy atom.